The summed E-state index contributed by atoms with van der Waals surface area (Å²) in [5.74, 6) is -0.296. The number of nitrogens with zero attached hydrogens (tertiary/aromatic N) is 2. The molecular weight excluding hydrogens is 233 g/mol. The van der Waals surface area contributed by atoms with Crippen molar-refractivity contribution in [1.82, 2.24) is 9.88 Å². The molecule has 18 heavy (non-hydrogen) atoms. The maximum Gasteiger partial charge on any atom is 0.141 e. The summed E-state index contributed by atoms with van der Waals surface area (Å²) < 4.78 is 18.5. The van der Waals surface area contributed by atoms with Gasteiger partial charge in [-0.1, -0.05) is 6.92 Å². The van der Waals surface area contributed by atoms with Crippen molar-refractivity contribution in [2.75, 3.05) is 26.2 Å². The van der Waals surface area contributed by atoms with Crippen molar-refractivity contribution >= 4 is 0 Å². The highest BCUT2D eigenvalue weighted by atomic mass is 19.1. The zero-order chi connectivity index (χ0) is 13.0. The molecule has 1 fully saturated rings. The number of hydrogen-bond donors (Lipinski definition) is 1. The maximum atomic E-state index is 12.9. The van der Waals surface area contributed by atoms with Crippen molar-refractivity contribution in [2.24, 2.45) is 5.73 Å². The number of rotatable bonds is 4. The summed E-state index contributed by atoms with van der Waals surface area (Å²) >= 11 is 0. The second-order valence-corrected chi connectivity index (χ2v) is 4.55. The van der Waals surface area contributed by atoms with E-state index in [0.29, 0.717) is 13.2 Å². The van der Waals surface area contributed by atoms with Crippen molar-refractivity contribution in [1.29, 1.82) is 0 Å². The van der Waals surface area contributed by atoms with Gasteiger partial charge in [-0.15, -0.1) is 0 Å². The molecule has 0 spiro atoms. The fourth-order valence-electron chi connectivity index (χ4n) is 2.41. The van der Waals surface area contributed by atoms with E-state index in [1.54, 1.807) is 6.07 Å². The molecule has 1 aliphatic heterocycles. The molecule has 1 aliphatic rings. The topological polar surface area (TPSA) is 51.4 Å². The number of morpholine rings is 1. The van der Waals surface area contributed by atoms with Crippen LogP contribution in [-0.4, -0.2) is 42.2 Å². The molecule has 0 saturated carbocycles. The van der Waals surface area contributed by atoms with E-state index in [9.17, 15) is 4.39 Å². The van der Waals surface area contributed by atoms with Gasteiger partial charge in [0.25, 0.3) is 0 Å². The van der Waals surface area contributed by atoms with E-state index in [1.165, 1.54) is 12.3 Å². The second-order valence-electron chi connectivity index (χ2n) is 4.55. The average molecular weight is 253 g/mol. The van der Waals surface area contributed by atoms with Crippen LogP contribution in [0.2, 0.25) is 0 Å². The molecule has 2 atom stereocenters. The number of aromatic nitrogens is 1. The maximum absolute atomic E-state index is 12.9. The normalized spacial score (nSPS) is 22.9. The Morgan fingerprint density at radius 3 is 3.06 bits per heavy atom. The third kappa shape index (κ3) is 3.04. The summed E-state index contributed by atoms with van der Waals surface area (Å²) in [5, 5.41) is 0. The van der Waals surface area contributed by atoms with Crippen LogP contribution >= 0.6 is 0 Å². The van der Waals surface area contributed by atoms with Crippen LogP contribution in [0.5, 0.6) is 0 Å². The molecule has 1 saturated heterocycles. The molecule has 1 aromatic heterocycles. The van der Waals surface area contributed by atoms with E-state index in [2.05, 4.69) is 16.8 Å². The van der Waals surface area contributed by atoms with Crippen LogP contribution in [0, 0.1) is 5.82 Å². The third-order valence-electron chi connectivity index (χ3n) is 3.35. The highest BCUT2D eigenvalue weighted by Crippen LogP contribution is 2.24. The van der Waals surface area contributed by atoms with E-state index >= 15 is 0 Å². The minimum absolute atomic E-state index is 0.0910. The molecule has 0 aromatic carbocycles. The average Bonchev–Trinajstić information content (AvgIpc) is 2.42. The van der Waals surface area contributed by atoms with Gasteiger partial charge in [0.2, 0.25) is 0 Å². The van der Waals surface area contributed by atoms with Crippen LogP contribution < -0.4 is 5.73 Å². The number of hydrogen-bond acceptors (Lipinski definition) is 4. The van der Waals surface area contributed by atoms with Crippen LogP contribution in [-0.2, 0) is 4.74 Å². The highest BCUT2D eigenvalue weighted by Gasteiger charge is 2.26. The Labute approximate surface area is 107 Å². The Bertz CT molecular complexity index is 371. The predicted molar refractivity (Wildman–Crippen MR) is 67.6 cm³/mol. The summed E-state index contributed by atoms with van der Waals surface area (Å²) in [4.78, 5) is 6.51. The van der Waals surface area contributed by atoms with Crippen LogP contribution in [0.25, 0.3) is 0 Å². The quantitative estimate of drug-likeness (QED) is 0.879. The highest BCUT2D eigenvalue weighted by molar-refractivity contribution is 5.10. The Hall–Kier alpha value is -1.04. The Kier molecular flexibility index (Phi) is 4.63. The summed E-state index contributed by atoms with van der Waals surface area (Å²) in [5.41, 5.74) is 6.56. The van der Waals surface area contributed by atoms with Crippen LogP contribution in [0.15, 0.2) is 18.3 Å². The first-order valence-corrected chi connectivity index (χ1v) is 6.41. The number of ether oxygens (including phenoxy) is 1. The molecule has 5 heteroatoms. The Morgan fingerprint density at radius 1 is 1.61 bits per heavy atom. The Balaban J connectivity index is 2.10. The lowest BCUT2D eigenvalue weighted by molar-refractivity contribution is -0.0402. The molecule has 2 unspecified atom stereocenters. The smallest absolute Gasteiger partial charge is 0.141 e. The van der Waals surface area contributed by atoms with Crippen LogP contribution in [0.1, 0.15) is 25.1 Å². The second kappa shape index (κ2) is 6.22. The molecule has 100 valence electrons. The van der Waals surface area contributed by atoms with Crippen LogP contribution in [0.4, 0.5) is 4.39 Å². The molecule has 1 aromatic rings. The van der Waals surface area contributed by atoms with Gasteiger partial charge in [0, 0.05) is 19.6 Å². The first-order valence-electron chi connectivity index (χ1n) is 6.41. The summed E-state index contributed by atoms with van der Waals surface area (Å²) in [6, 6.07) is 3.44. The minimum atomic E-state index is -0.296. The molecule has 0 amide bonds. The third-order valence-corrected chi connectivity index (χ3v) is 3.35. The molecule has 0 aliphatic carbocycles. The summed E-state index contributed by atoms with van der Waals surface area (Å²) in [6.45, 7) is 5.02. The zero-order valence-electron chi connectivity index (χ0n) is 10.7. The number of nitrogens with two attached hydrogens (primary N) is 1. The van der Waals surface area contributed by atoms with Gasteiger partial charge in [0.1, 0.15) is 5.82 Å². The first kappa shape index (κ1) is 13.4. The van der Waals surface area contributed by atoms with Crippen molar-refractivity contribution in [3.8, 4) is 0 Å². The minimum Gasteiger partial charge on any atom is -0.374 e. The molecule has 2 heterocycles. The van der Waals surface area contributed by atoms with Gasteiger partial charge in [-0.05, 0) is 18.6 Å². The molecule has 4 nitrogen and oxygen atoms in total. The summed E-state index contributed by atoms with van der Waals surface area (Å²) in [7, 11) is 0. The van der Waals surface area contributed by atoms with Crippen molar-refractivity contribution in [2.45, 2.75) is 25.5 Å². The van der Waals surface area contributed by atoms with Gasteiger partial charge >= 0.3 is 0 Å². The van der Waals surface area contributed by atoms with E-state index in [4.69, 9.17) is 10.5 Å². The van der Waals surface area contributed by atoms with Gasteiger partial charge in [-0.3, -0.25) is 9.88 Å². The lowest BCUT2D eigenvalue weighted by atomic mass is 10.1. The number of pyridine rings is 1. The van der Waals surface area contributed by atoms with Gasteiger partial charge < -0.3 is 10.5 Å². The van der Waals surface area contributed by atoms with Crippen molar-refractivity contribution in [3.05, 3.63) is 29.8 Å². The first-order chi connectivity index (χ1) is 8.74. The van der Waals surface area contributed by atoms with E-state index in [0.717, 1.165) is 25.2 Å². The van der Waals surface area contributed by atoms with E-state index in [1.807, 2.05) is 0 Å². The monoisotopic (exact) mass is 253 g/mol. The Morgan fingerprint density at radius 2 is 2.44 bits per heavy atom. The lowest BCUT2D eigenvalue weighted by Crippen LogP contribution is -2.47. The molecule has 2 N–H and O–H groups in total. The standard InChI is InChI=1S/C13H20FN3O/c1-2-13(12-4-3-10(14)8-16-12)17-5-6-18-11(7-15)9-17/h3-4,8,11,13H,2,5-7,9,15H2,1H3. The van der Waals surface area contributed by atoms with Crippen molar-refractivity contribution in [3.63, 3.8) is 0 Å². The molecule has 2 rings (SSSR count). The molecule has 0 bridgehead atoms. The lowest BCUT2D eigenvalue weighted by Gasteiger charge is -2.37. The fraction of sp³-hybridized carbons (Fsp3) is 0.615. The molecule has 0 radical (unpaired) electrons. The summed E-state index contributed by atoms with van der Waals surface area (Å²) in [6.07, 6.45) is 2.31. The predicted octanol–water partition coefficient (Wildman–Crippen LogP) is 1.33. The van der Waals surface area contributed by atoms with E-state index < -0.39 is 0 Å². The van der Waals surface area contributed by atoms with Gasteiger partial charge in [0.15, 0.2) is 0 Å². The van der Waals surface area contributed by atoms with Gasteiger partial charge in [0.05, 0.1) is 30.6 Å². The molecular formula is C13H20FN3O. The SMILES string of the molecule is CCC(c1ccc(F)cn1)N1CCOC(CN)C1. The number of halogens is 1. The van der Waals surface area contributed by atoms with Gasteiger partial charge in [-0.25, -0.2) is 4.39 Å². The largest absolute Gasteiger partial charge is 0.374 e. The van der Waals surface area contributed by atoms with Crippen molar-refractivity contribution < 1.29 is 9.13 Å². The fourth-order valence-corrected chi connectivity index (χ4v) is 2.41. The zero-order valence-corrected chi connectivity index (χ0v) is 10.7. The van der Waals surface area contributed by atoms with E-state index in [-0.39, 0.29) is 18.0 Å². The van der Waals surface area contributed by atoms with Crippen LogP contribution in [0.3, 0.4) is 0 Å². The van der Waals surface area contributed by atoms with Gasteiger partial charge in [-0.2, -0.15) is 0 Å².